The number of hydrogen-bond acceptors (Lipinski definition) is 6. The summed E-state index contributed by atoms with van der Waals surface area (Å²) in [5.41, 5.74) is 4.48. The Bertz CT molecular complexity index is 1070. The van der Waals surface area contributed by atoms with Crippen LogP contribution in [-0.4, -0.2) is 34.4 Å². The van der Waals surface area contributed by atoms with Crippen molar-refractivity contribution < 1.29 is 9.47 Å². The zero-order chi connectivity index (χ0) is 19.9. The quantitative estimate of drug-likeness (QED) is 0.750. The second-order valence-corrected chi connectivity index (χ2v) is 7.18. The maximum absolute atomic E-state index is 5.64. The van der Waals surface area contributed by atoms with Crippen molar-refractivity contribution in [1.82, 2.24) is 20.2 Å². The van der Waals surface area contributed by atoms with E-state index < -0.39 is 5.54 Å². The lowest BCUT2D eigenvalue weighted by atomic mass is 9.87. The van der Waals surface area contributed by atoms with Crippen molar-refractivity contribution in [3.8, 4) is 11.5 Å². The van der Waals surface area contributed by atoms with Gasteiger partial charge in [-0.3, -0.25) is 0 Å². The van der Waals surface area contributed by atoms with Gasteiger partial charge in [0.1, 0.15) is 11.5 Å². The molecule has 1 N–H and O–H groups in total. The van der Waals surface area contributed by atoms with E-state index >= 15 is 0 Å². The van der Waals surface area contributed by atoms with Gasteiger partial charge in [0.2, 0.25) is 5.95 Å². The SMILES string of the molecule is COc1ccc(C)cc1C1=C[C@@](C)(c2cc(C)ccc2OC)Nc2nnnn21. The Balaban J connectivity index is 1.97. The van der Waals surface area contributed by atoms with E-state index in [1.54, 1.807) is 18.9 Å². The number of rotatable bonds is 4. The van der Waals surface area contributed by atoms with Crippen LogP contribution in [0.2, 0.25) is 0 Å². The molecule has 1 aliphatic rings. The summed E-state index contributed by atoms with van der Waals surface area (Å²) in [6, 6.07) is 12.2. The van der Waals surface area contributed by atoms with E-state index in [-0.39, 0.29) is 0 Å². The minimum atomic E-state index is -0.577. The van der Waals surface area contributed by atoms with Crippen LogP contribution in [0.4, 0.5) is 5.95 Å². The summed E-state index contributed by atoms with van der Waals surface area (Å²) in [5.74, 6) is 2.12. The van der Waals surface area contributed by atoms with Crippen LogP contribution in [0, 0.1) is 13.8 Å². The summed E-state index contributed by atoms with van der Waals surface area (Å²) in [5, 5.41) is 15.7. The predicted octanol–water partition coefficient (Wildman–Crippen LogP) is 3.54. The number of fused-ring (bicyclic) bond motifs is 1. The standard InChI is InChI=1S/C21H23N5O2/c1-13-6-8-18(27-4)15(10-13)17-12-21(3,22-20-23-24-25-26(17)20)16-11-14(2)7-9-19(16)28-5/h6-12H,1-5H3,(H,22,23,25)/t21-/m0/s1. The van der Waals surface area contributed by atoms with E-state index in [0.29, 0.717) is 5.95 Å². The third-order valence-corrected chi connectivity index (χ3v) is 5.04. The van der Waals surface area contributed by atoms with Crippen LogP contribution < -0.4 is 14.8 Å². The lowest BCUT2D eigenvalue weighted by Crippen LogP contribution is -2.35. The summed E-state index contributed by atoms with van der Waals surface area (Å²) in [6.07, 6.45) is 2.12. The van der Waals surface area contributed by atoms with Crippen molar-refractivity contribution in [3.63, 3.8) is 0 Å². The molecule has 0 aliphatic carbocycles. The van der Waals surface area contributed by atoms with E-state index in [9.17, 15) is 0 Å². The van der Waals surface area contributed by atoms with Crippen molar-refractivity contribution in [2.75, 3.05) is 19.5 Å². The lowest BCUT2D eigenvalue weighted by molar-refractivity contribution is 0.402. The number of tetrazole rings is 1. The van der Waals surface area contributed by atoms with E-state index in [2.05, 4.69) is 52.9 Å². The highest BCUT2D eigenvalue weighted by Gasteiger charge is 2.35. The van der Waals surface area contributed by atoms with Crippen LogP contribution in [0.1, 0.15) is 29.2 Å². The molecule has 0 amide bonds. The first-order valence-electron chi connectivity index (χ1n) is 9.05. The van der Waals surface area contributed by atoms with Crippen LogP contribution in [0.3, 0.4) is 0 Å². The molecule has 0 radical (unpaired) electrons. The molecule has 0 fully saturated rings. The zero-order valence-electron chi connectivity index (χ0n) is 16.6. The van der Waals surface area contributed by atoms with E-state index in [4.69, 9.17) is 9.47 Å². The number of methoxy groups -OCH3 is 2. The molecule has 0 spiro atoms. The molecular weight excluding hydrogens is 354 g/mol. The molecule has 144 valence electrons. The highest BCUT2D eigenvalue weighted by molar-refractivity contribution is 5.77. The normalized spacial score (nSPS) is 18.1. The van der Waals surface area contributed by atoms with Gasteiger partial charge < -0.3 is 14.8 Å². The molecule has 0 unspecified atom stereocenters. The predicted molar refractivity (Wildman–Crippen MR) is 108 cm³/mol. The van der Waals surface area contributed by atoms with Crippen LogP contribution in [0.15, 0.2) is 42.5 Å². The summed E-state index contributed by atoms with van der Waals surface area (Å²) < 4.78 is 13.0. The Morgan fingerprint density at radius 3 is 2.36 bits per heavy atom. The van der Waals surface area contributed by atoms with Crippen molar-refractivity contribution in [1.29, 1.82) is 0 Å². The molecule has 28 heavy (non-hydrogen) atoms. The van der Waals surface area contributed by atoms with Gasteiger partial charge in [-0.15, -0.1) is 0 Å². The number of nitrogens with zero attached hydrogens (tertiary/aromatic N) is 4. The molecule has 1 atom stereocenters. The van der Waals surface area contributed by atoms with Gasteiger partial charge in [-0.05, 0) is 61.5 Å². The second-order valence-electron chi connectivity index (χ2n) is 7.18. The first-order chi connectivity index (χ1) is 13.4. The van der Waals surface area contributed by atoms with Crippen LogP contribution in [0.5, 0.6) is 11.5 Å². The minimum Gasteiger partial charge on any atom is -0.496 e. The monoisotopic (exact) mass is 377 g/mol. The van der Waals surface area contributed by atoms with Gasteiger partial charge >= 0.3 is 0 Å². The smallest absolute Gasteiger partial charge is 0.248 e. The molecule has 7 heteroatoms. The minimum absolute atomic E-state index is 0.562. The molecule has 0 saturated carbocycles. The number of anilines is 1. The summed E-state index contributed by atoms with van der Waals surface area (Å²) >= 11 is 0. The van der Waals surface area contributed by atoms with Gasteiger partial charge in [0, 0.05) is 11.1 Å². The number of hydrogen-bond donors (Lipinski definition) is 1. The highest BCUT2D eigenvalue weighted by atomic mass is 16.5. The van der Waals surface area contributed by atoms with Gasteiger partial charge in [0.25, 0.3) is 0 Å². The van der Waals surface area contributed by atoms with Gasteiger partial charge in [-0.25, -0.2) is 0 Å². The largest absolute Gasteiger partial charge is 0.496 e. The topological polar surface area (TPSA) is 74.1 Å². The fourth-order valence-electron chi connectivity index (χ4n) is 3.62. The summed E-state index contributed by atoms with van der Waals surface area (Å²) in [7, 11) is 3.34. The second kappa shape index (κ2) is 6.67. The maximum atomic E-state index is 5.64. The van der Waals surface area contributed by atoms with Crippen molar-refractivity contribution in [2.24, 2.45) is 0 Å². The highest BCUT2D eigenvalue weighted by Crippen LogP contribution is 2.41. The molecule has 1 aliphatic heterocycles. The van der Waals surface area contributed by atoms with Gasteiger partial charge in [-0.1, -0.05) is 28.4 Å². The van der Waals surface area contributed by atoms with E-state index in [1.165, 1.54) is 0 Å². The Morgan fingerprint density at radius 2 is 1.64 bits per heavy atom. The molecule has 2 aromatic carbocycles. The maximum Gasteiger partial charge on any atom is 0.248 e. The summed E-state index contributed by atoms with van der Waals surface area (Å²) in [6.45, 7) is 6.20. The Labute approximate surface area is 164 Å². The molecule has 2 heterocycles. The van der Waals surface area contributed by atoms with Gasteiger partial charge in [0.15, 0.2) is 0 Å². The number of ether oxygens (including phenoxy) is 2. The average Bonchev–Trinajstić information content (AvgIpc) is 3.15. The number of aromatic nitrogens is 4. The first-order valence-corrected chi connectivity index (χ1v) is 9.05. The summed E-state index contributed by atoms with van der Waals surface area (Å²) in [4.78, 5) is 0. The molecule has 7 nitrogen and oxygen atoms in total. The van der Waals surface area contributed by atoms with Crippen molar-refractivity contribution >= 4 is 11.6 Å². The number of aryl methyl sites for hydroxylation is 2. The van der Waals surface area contributed by atoms with Crippen molar-refractivity contribution in [3.05, 3.63) is 64.7 Å². The van der Waals surface area contributed by atoms with Crippen LogP contribution >= 0.6 is 0 Å². The fourth-order valence-corrected chi connectivity index (χ4v) is 3.62. The van der Waals surface area contributed by atoms with E-state index in [1.807, 2.05) is 31.2 Å². The van der Waals surface area contributed by atoms with Crippen LogP contribution in [-0.2, 0) is 5.54 Å². The molecular formula is C21H23N5O2. The molecule has 1 aromatic heterocycles. The molecule has 4 rings (SSSR count). The first kappa shape index (κ1) is 18.0. The van der Waals surface area contributed by atoms with Crippen molar-refractivity contribution in [2.45, 2.75) is 26.3 Å². The van der Waals surface area contributed by atoms with E-state index in [0.717, 1.165) is 39.4 Å². The fraction of sp³-hybridized carbons (Fsp3) is 0.286. The molecule has 0 bridgehead atoms. The number of benzene rings is 2. The number of nitrogens with one attached hydrogen (secondary N) is 1. The Morgan fingerprint density at radius 1 is 0.964 bits per heavy atom. The Kier molecular flexibility index (Phi) is 4.30. The average molecular weight is 377 g/mol. The van der Waals surface area contributed by atoms with Gasteiger partial charge in [-0.2, -0.15) is 4.68 Å². The molecule has 0 saturated heterocycles. The Hall–Kier alpha value is -3.35. The third-order valence-electron chi connectivity index (χ3n) is 5.04. The zero-order valence-corrected chi connectivity index (χ0v) is 16.6. The lowest BCUT2D eigenvalue weighted by Gasteiger charge is -2.34. The molecule has 3 aromatic rings. The van der Waals surface area contributed by atoms with Gasteiger partial charge in [0.05, 0.1) is 25.5 Å². The third kappa shape index (κ3) is 2.89. The van der Waals surface area contributed by atoms with Crippen LogP contribution in [0.25, 0.3) is 5.70 Å².